The van der Waals surface area contributed by atoms with Crippen LogP contribution >= 0.6 is 27.7 Å². The average molecular weight is 460 g/mol. The molecule has 0 saturated carbocycles. The second-order valence-electron chi connectivity index (χ2n) is 6.15. The lowest BCUT2D eigenvalue weighted by atomic mass is 10.0. The van der Waals surface area contributed by atoms with Crippen LogP contribution in [0.4, 0.5) is 0 Å². The number of benzene rings is 3. The number of carbonyl (C=O) groups is 1. The van der Waals surface area contributed by atoms with Crippen molar-refractivity contribution in [2.75, 3.05) is 26.5 Å². The Kier molecular flexibility index (Phi) is 7.23. The van der Waals surface area contributed by atoms with Crippen LogP contribution in [0, 0.1) is 0 Å². The van der Waals surface area contributed by atoms with Crippen molar-refractivity contribution >= 4 is 44.4 Å². The summed E-state index contributed by atoms with van der Waals surface area (Å²) in [5.74, 6) is 3.20. The highest BCUT2D eigenvalue weighted by molar-refractivity contribution is 9.10. The fourth-order valence-electron chi connectivity index (χ4n) is 2.94. The van der Waals surface area contributed by atoms with Gasteiger partial charge in [-0.2, -0.15) is 11.8 Å². The largest absolute Gasteiger partial charge is 0.497 e. The Bertz CT molecular complexity index is 960. The van der Waals surface area contributed by atoms with Gasteiger partial charge in [0.2, 0.25) is 0 Å². The van der Waals surface area contributed by atoms with Gasteiger partial charge in [0.1, 0.15) is 11.5 Å². The van der Waals surface area contributed by atoms with Gasteiger partial charge in [-0.1, -0.05) is 28.1 Å². The molecule has 0 atom stereocenters. The van der Waals surface area contributed by atoms with Gasteiger partial charge in [0, 0.05) is 33.7 Å². The molecule has 0 aliphatic rings. The smallest absolute Gasteiger partial charge is 0.251 e. The van der Waals surface area contributed by atoms with Gasteiger partial charge >= 0.3 is 0 Å². The third-order valence-corrected chi connectivity index (χ3v) is 5.88. The van der Waals surface area contributed by atoms with Crippen molar-refractivity contribution in [3.63, 3.8) is 0 Å². The van der Waals surface area contributed by atoms with E-state index in [1.165, 1.54) is 16.3 Å². The van der Waals surface area contributed by atoms with Crippen LogP contribution in [0.15, 0.2) is 59.1 Å². The SMILES string of the molecule is COc1ccc(C(=O)NCCSCc2c(OC)ccc3cc(Br)ccc23)cc1. The van der Waals surface area contributed by atoms with Gasteiger partial charge in [-0.25, -0.2) is 0 Å². The lowest BCUT2D eigenvalue weighted by molar-refractivity contribution is 0.0956. The number of hydrogen-bond donors (Lipinski definition) is 1. The molecule has 146 valence electrons. The molecule has 0 saturated heterocycles. The molecule has 0 heterocycles. The molecular formula is C22H22BrNO3S. The summed E-state index contributed by atoms with van der Waals surface area (Å²) in [7, 11) is 3.30. The van der Waals surface area contributed by atoms with Gasteiger partial charge in [0.15, 0.2) is 0 Å². The molecule has 0 radical (unpaired) electrons. The number of fused-ring (bicyclic) bond motifs is 1. The van der Waals surface area contributed by atoms with Crippen LogP contribution in [0.1, 0.15) is 15.9 Å². The molecule has 0 unspecified atom stereocenters. The third kappa shape index (κ3) is 5.00. The number of amides is 1. The Hall–Kier alpha value is -2.18. The number of ether oxygens (including phenoxy) is 2. The first-order chi connectivity index (χ1) is 13.6. The molecule has 6 heteroatoms. The van der Waals surface area contributed by atoms with Gasteiger partial charge in [0.05, 0.1) is 14.2 Å². The van der Waals surface area contributed by atoms with Crippen LogP contribution in [0.3, 0.4) is 0 Å². The summed E-state index contributed by atoms with van der Waals surface area (Å²) in [5.41, 5.74) is 1.81. The number of halogens is 1. The molecule has 0 spiro atoms. The van der Waals surface area contributed by atoms with E-state index in [9.17, 15) is 4.79 Å². The highest BCUT2D eigenvalue weighted by Crippen LogP contribution is 2.32. The standard InChI is InChI=1S/C22H22BrNO3S/c1-26-18-7-3-15(4-8-18)22(25)24-11-12-28-14-20-19-9-6-17(23)13-16(19)5-10-21(20)27-2/h3-10,13H,11-12,14H2,1-2H3,(H,24,25). The number of nitrogens with one attached hydrogen (secondary N) is 1. The average Bonchev–Trinajstić information content (AvgIpc) is 2.73. The maximum absolute atomic E-state index is 12.2. The van der Waals surface area contributed by atoms with E-state index in [1.54, 1.807) is 50.2 Å². The van der Waals surface area contributed by atoms with Gasteiger partial charge < -0.3 is 14.8 Å². The second-order valence-corrected chi connectivity index (χ2v) is 8.17. The van der Waals surface area contributed by atoms with Gasteiger partial charge in [-0.05, 0) is 53.2 Å². The number of thioether (sulfide) groups is 1. The van der Waals surface area contributed by atoms with Crippen molar-refractivity contribution in [3.05, 3.63) is 70.2 Å². The summed E-state index contributed by atoms with van der Waals surface area (Å²) in [6.07, 6.45) is 0. The Morgan fingerprint density at radius 3 is 2.54 bits per heavy atom. The molecule has 0 bridgehead atoms. The van der Waals surface area contributed by atoms with Crippen LogP contribution < -0.4 is 14.8 Å². The minimum Gasteiger partial charge on any atom is -0.497 e. The molecule has 0 aromatic heterocycles. The zero-order chi connectivity index (χ0) is 19.9. The highest BCUT2D eigenvalue weighted by Gasteiger charge is 2.10. The van der Waals surface area contributed by atoms with E-state index in [0.717, 1.165) is 27.5 Å². The first-order valence-corrected chi connectivity index (χ1v) is 10.8. The van der Waals surface area contributed by atoms with Crippen LogP contribution in [0.2, 0.25) is 0 Å². The highest BCUT2D eigenvalue weighted by atomic mass is 79.9. The number of hydrogen-bond acceptors (Lipinski definition) is 4. The summed E-state index contributed by atoms with van der Waals surface area (Å²) >= 11 is 5.29. The summed E-state index contributed by atoms with van der Waals surface area (Å²) in [6.45, 7) is 0.605. The molecular weight excluding hydrogens is 438 g/mol. The minimum atomic E-state index is -0.0733. The van der Waals surface area contributed by atoms with Gasteiger partial charge in [-0.15, -0.1) is 0 Å². The lowest BCUT2D eigenvalue weighted by Gasteiger charge is -2.12. The van der Waals surface area contributed by atoms with Gasteiger partial charge in [-0.3, -0.25) is 4.79 Å². The van der Waals surface area contributed by atoms with Crippen molar-refractivity contribution in [1.82, 2.24) is 5.32 Å². The predicted molar refractivity (Wildman–Crippen MR) is 120 cm³/mol. The van der Waals surface area contributed by atoms with Crippen molar-refractivity contribution in [1.29, 1.82) is 0 Å². The van der Waals surface area contributed by atoms with Crippen molar-refractivity contribution in [2.45, 2.75) is 5.75 Å². The molecule has 1 amide bonds. The monoisotopic (exact) mass is 459 g/mol. The first kappa shape index (κ1) is 20.6. The lowest BCUT2D eigenvalue weighted by Crippen LogP contribution is -2.25. The Morgan fingerprint density at radius 2 is 1.82 bits per heavy atom. The Morgan fingerprint density at radius 1 is 1.04 bits per heavy atom. The van der Waals surface area contributed by atoms with E-state index in [0.29, 0.717) is 12.1 Å². The normalized spacial score (nSPS) is 10.7. The molecule has 3 aromatic rings. The second kappa shape index (κ2) is 9.85. The van der Waals surface area contributed by atoms with Crippen molar-refractivity contribution in [3.8, 4) is 11.5 Å². The van der Waals surface area contributed by atoms with Crippen LogP contribution in [-0.4, -0.2) is 32.4 Å². The topological polar surface area (TPSA) is 47.6 Å². The summed E-state index contributed by atoms with van der Waals surface area (Å²) in [5, 5.41) is 5.33. The number of rotatable bonds is 8. The van der Waals surface area contributed by atoms with Crippen LogP contribution in [0.25, 0.3) is 10.8 Å². The fourth-order valence-corrected chi connectivity index (χ4v) is 4.21. The first-order valence-electron chi connectivity index (χ1n) is 8.87. The summed E-state index contributed by atoms with van der Waals surface area (Å²) < 4.78 is 11.7. The minimum absolute atomic E-state index is 0.0733. The van der Waals surface area contributed by atoms with Gasteiger partial charge in [0.25, 0.3) is 5.91 Å². The predicted octanol–water partition coefficient (Wildman–Crippen LogP) is 5.28. The quantitative estimate of drug-likeness (QED) is 0.465. The zero-order valence-corrected chi connectivity index (χ0v) is 18.2. The molecule has 0 fully saturated rings. The third-order valence-electron chi connectivity index (χ3n) is 4.40. The number of carbonyl (C=O) groups excluding carboxylic acids is 1. The molecule has 1 N–H and O–H groups in total. The fraction of sp³-hybridized carbons (Fsp3) is 0.227. The Labute approximate surface area is 177 Å². The maximum Gasteiger partial charge on any atom is 0.251 e. The molecule has 0 aliphatic heterocycles. The van der Waals surface area contributed by atoms with E-state index in [1.807, 2.05) is 12.1 Å². The Balaban J connectivity index is 1.55. The van der Waals surface area contributed by atoms with E-state index in [2.05, 4.69) is 39.4 Å². The van der Waals surface area contributed by atoms with E-state index >= 15 is 0 Å². The molecule has 0 aliphatic carbocycles. The summed E-state index contributed by atoms with van der Waals surface area (Å²) in [6, 6.07) is 17.5. The molecule has 28 heavy (non-hydrogen) atoms. The number of methoxy groups -OCH3 is 2. The maximum atomic E-state index is 12.2. The van der Waals surface area contributed by atoms with Crippen LogP contribution in [-0.2, 0) is 5.75 Å². The molecule has 3 aromatic carbocycles. The molecule has 4 nitrogen and oxygen atoms in total. The summed E-state index contributed by atoms with van der Waals surface area (Å²) in [4.78, 5) is 12.2. The molecule has 3 rings (SSSR count). The van der Waals surface area contributed by atoms with Crippen molar-refractivity contribution < 1.29 is 14.3 Å². The van der Waals surface area contributed by atoms with Crippen molar-refractivity contribution in [2.24, 2.45) is 0 Å². The van der Waals surface area contributed by atoms with Crippen LogP contribution in [0.5, 0.6) is 11.5 Å². The van der Waals surface area contributed by atoms with E-state index < -0.39 is 0 Å². The van der Waals surface area contributed by atoms with E-state index in [4.69, 9.17) is 9.47 Å². The zero-order valence-electron chi connectivity index (χ0n) is 15.8. The van der Waals surface area contributed by atoms with E-state index in [-0.39, 0.29) is 5.91 Å².